The van der Waals surface area contributed by atoms with Crippen molar-refractivity contribution in [2.75, 3.05) is 22.9 Å². The molecule has 3 aromatic rings. The molecule has 0 spiro atoms. The van der Waals surface area contributed by atoms with Crippen LogP contribution in [0.5, 0.6) is 0 Å². The van der Waals surface area contributed by atoms with Gasteiger partial charge in [0.25, 0.3) is 0 Å². The SMILES string of the molecule is [2H]C1(/C=C/C2=C(c3cccc(F)c3F)C(=C/C=C3/N(CCC)c4ccccc4C3(C)C)/CCC2)N(CCC)c2ccccc2C1(C)C. The largest absolute Gasteiger partial charge is 0.364 e. The van der Waals surface area contributed by atoms with Crippen LogP contribution < -0.4 is 9.80 Å². The predicted octanol–water partition coefficient (Wildman–Crippen LogP) is 11.1. The van der Waals surface area contributed by atoms with Gasteiger partial charge in [0.15, 0.2) is 11.6 Å². The van der Waals surface area contributed by atoms with E-state index in [0.29, 0.717) is 0 Å². The maximum absolute atomic E-state index is 15.7. The summed E-state index contributed by atoms with van der Waals surface area (Å²) in [6.45, 7) is 14.8. The molecule has 0 radical (unpaired) electrons. The van der Waals surface area contributed by atoms with Crippen LogP contribution in [0.15, 0.2) is 108 Å². The molecule has 0 aromatic heterocycles. The third kappa shape index (κ3) is 5.44. The summed E-state index contributed by atoms with van der Waals surface area (Å²) in [7, 11) is 0. The molecule has 3 aromatic carbocycles. The molecule has 1 aliphatic carbocycles. The van der Waals surface area contributed by atoms with E-state index in [2.05, 4.69) is 99.9 Å². The first kappa shape index (κ1) is 30.7. The summed E-state index contributed by atoms with van der Waals surface area (Å²) in [6, 6.07) is 20.4. The van der Waals surface area contributed by atoms with E-state index < -0.39 is 23.1 Å². The van der Waals surface area contributed by atoms with Crippen molar-refractivity contribution in [2.45, 2.75) is 90.5 Å². The van der Waals surface area contributed by atoms with E-state index in [0.717, 1.165) is 73.2 Å². The molecule has 0 saturated carbocycles. The first-order valence-electron chi connectivity index (χ1n) is 17.5. The van der Waals surface area contributed by atoms with Crippen molar-refractivity contribution in [3.8, 4) is 0 Å². The zero-order valence-corrected chi connectivity index (χ0v) is 28.3. The van der Waals surface area contributed by atoms with Gasteiger partial charge < -0.3 is 9.80 Å². The van der Waals surface area contributed by atoms with Gasteiger partial charge in [-0.3, -0.25) is 0 Å². The number of anilines is 2. The number of hydrogen-bond acceptors (Lipinski definition) is 2. The van der Waals surface area contributed by atoms with Crippen LogP contribution in [0.4, 0.5) is 20.2 Å². The molecule has 0 amide bonds. The standard InChI is InChI=1S/C42H48F2N2/c1-7-27-45-35-21-11-9-18-32(35)41(3,4)37(45)25-23-29-15-13-16-30(39(29)31-17-14-20-34(43)40(31)44)24-26-38-42(5,6)33-19-10-12-22-36(33)46(38)28-8-2/h9-12,14,17-26,37H,7-8,13,15-16,27-28H2,1-6H3/b25-23+,30-24+,38-26+/i37D. The summed E-state index contributed by atoms with van der Waals surface area (Å²) < 4.78 is 40.5. The Morgan fingerprint density at radius 2 is 1.52 bits per heavy atom. The molecule has 2 nitrogen and oxygen atoms in total. The molecular formula is C42H48F2N2. The van der Waals surface area contributed by atoms with Gasteiger partial charge >= 0.3 is 0 Å². The lowest BCUT2D eigenvalue weighted by atomic mass is 9.79. The Kier molecular flexibility index (Phi) is 8.48. The number of halogens is 2. The van der Waals surface area contributed by atoms with Gasteiger partial charge in [-0.2, -0.15) is 0 Å². The van der Waals surface area contributed by atoms with Gasteiger partial charge in [-0.25, -0.2) is 8.78 Å². The zero-order valence-electron chi connectivity index (χ0n) is 29.3. The van der Waals surface area contributed by atoms with E-state index in [1.165, 1.54) is 23.0 Å². The van der Waals surface area contributed by atoms with Gasteiger partial charge in [0.1, 0.15) is 0 Å². The number of allylic oxidation sites excluding steroid dienone is 7. The molecule has 4 heteroatoms. The van der Waals surface area contributed by atoms with E-state index >= 15 is 4.39 Å². The van der Waals surface area contributed by atoms with Gasteiger partial charge in [-0.1, -0.05) is 108 Å². The summed E-state index contributed by atoms with van der Waals surface area (Å²) in [4.78, 5) is 4.61. The van der Waals surface area contributed by atoms with Gasteiger partial charge in [-0.15, -0.1) is 0 Å². The number of hydrogen-bond donors (Lipinski definition) is 0. The summed E-state index contributed by atoms with van der Waals surface area (Å²) in [5.74, 6) is -1.67. The van der Waals surface area contributed by atoms with E-state index in [4.69, 9.17) is 0 Å². The molecule has 1 unspecified atom stereocenters. The fourth-order valence-corrected chi connectivity index (χ4v) is 7.87. The second-order valence-corrected chi connectivity index (χ2v) is 13.9. The highest BCUT2D eigenvalue weighted by Crippen LogP contribution is 2.49. The third-order valence-electron chi connectivity index (χ3n) is 10.1. The van der Waals surface area contributed by atoms with E-state index in [1.54, 1.807) is 12.1 Å². The minimum Gasteiger partial charge on any atom is -0.364 e. The first-order chi connectivity index (χ1) is 22.5. The summed E-state index contributed by atoms with van der Waals surface area (Å²) in [6.07, 6.45) is 12.7. The minimum absolute atomic E-state index is 0.197. The average Bonchev–Trinajstić information content (AvgIpc) is 3.37. The summed E-state index contributed by atoms with van der Waals surface area (Å²) >= 11 is 0. The fraction of sp³-hybridized carbons (Fsp3) is 0.381. The Hall–Kier alpha value is -3.92. The van der Waals surface area contributed by atoms with Crippen LogP contribution in [-0.4, -0.2) is 19.1 Å². The van der Waals surface area contributed by atoms with E-state index in [9.17, 15) is 5.76 Å². The minimum atomic E-state index is -1.05. The molecule has 6 rings (SSSR count). The molecule has 0 saturated heterocycles. The van der Waals surface area contributed by atoms with Crippen molar-refractivity contribution in [2.24, 2.45) is 0 Å². The lowest BCUT2D eigenvalue weighted by Gasteiger charge is -2.32. The van der Waals surface area contributed by atoms with Gasteiger partial charge in [-0.05, 0) is 84.2 Å². The Labute approximate surface area is 276 Å². The van der Waals surface area contributed by atoms with Crippen molar-refractivity contribution in [1.29, 1.82) is 0 Å². The third-order valence-corrected chi connectivity index (χ3v) is 10.1. The van der Waals surface area contributed by atoms with E-state index in [1.807, 2.05) is 24.3 Å². The van der Waals surface area contributed by atoms with Gasteiger partial charge in [0, 0.05) is 46.6 Å². The zero-order chi connectivity index (χ0) is 33.6. The van der Waals surface area contributed by atoms with Crippen LogP contribution in [0, 0.1) is 11.6 Å². The molecular weight excluding hydrogens is 570 g/mol. The highest BCUT2D eigenvalue weighted by Gasteiger charge is 2.43. The lowest BCUT2D eigenvalue weighted by Crippen LogP contribution is -2.40. The van der Waals surface area contributed by atoms with Gasteiger partial charge in [0.2, 0.25) is 0 Å². The van der Waals surface area contributed by atoms with E-state index in [-0.39, 0.29) is 11.0 Å². The molecule has 46 heavy (non-hydrogen) atoms. The molecule has 0 bridgehead atoms. The van der Waals surface area contributed by atoms with Crippen molar-refractivity contribution >= 4 is 16.9 Å². The number of benzene rings is 3. The molecule has 2 heterocycles. The number of fused-ring (bicyclic) bond motifs is 2. The Balaban J connectivity index is 1.50. The van der Waals surface area contributed by atoms with Crippen LogP contribution in [0.25, 0.3) is 5.57 Å². The molecule has 1 atom stereocenters. The summed E-state index contributed by atoms with van der Waals surface area (Å²) in [5.41, 5.74) is 8.29. The maximum atomic E-state index is 15.7. The Morgan fingerprint density at radius 3 is 2.26 bits per heavy atom. The topological polar surface area (TPSA) is 6.48 Å². The Bertz CT molecular complexity index is 1800. The van der Waals surface area contributed by atoms with Crippen LogP contribution in [0.2, 0.25) is 0 Å². The van der Waals surface area contributed by atoms with Crippen molar-refractivity contribution in [3.63, 3.8) is 0 Å². The second kappa shape index (κ2) is 12.7. The van der Waals surface area contributed by atoms with Crippen LogP contribution in [0.1, 0.15) is 91.7 Å². The number of nitrogens with zero attached hydrogens (tertiary/aromatic N) is 2. The molecule has 2 aliphatic heterocycles. The molecule has 0 fully saturated rings. The molecule has 3 aliphatic rings. The molecule has 0 N–H and O–H groups in total. The number of rotatable bonds is 8. The predicted molar refractivity (Wildman–Crippen MR) is 190 cm³/mol. The lowest BCUT2D eigenvalue weighted by molar-refractivity contribution is 0.473. The van der Waals surface area contributed by atoms with Crippen LogP contribution in [0.3, 0.4) is 0 Å². The monoisotopic (exact) mass is 619 g/mol. The normalized spacial score (nSPS) is 23.9. The average molecular weight is 620 g/mol. The van der Waals surface area contributed by atoms with Crippen molar-refractivity contribution in [3.05, 3.63) is 136 Å². The first-order valence-corrected chi connectivity index (χ1v) is 17.0. The van der Waals surface area contributed by atoms with Crippen molar-refractivity contribution in [1.82, 2.24) is 0 Å². The fourth-order valence-electron chi connectivity index (χ4n) is 7.87. The Morgan fingerprint density at radius 1 is 0.826 bits per heavy atom. The second-order valence-electron chi connectivity index (χ2n) is 13.9. The quantitative estimate of drug-likeness (QED) is 0.247. The van der Waals surface area contributed by atoms with Crippen LogP contribution >= 0.6 is 0 Å². The summed E-state index contributed by atoms with van der Waals surface area (Å²) in [5, 5.41) is 0. The van der Waals surface area contributed by atoms with Crippen molar-refractivity contribution < 1.29 is 10.2 Å². The van der Waals surface area contributed by atoms with Crippen LogP contribution in [-0.2, 0) is 10.8 Å². The van der Waals surface area contributed by atoms with Gasteiger partial charge in [0.05, 0.1) is 7.39 Å². The smallest absolute Gasteiger partial charge is 0.166 e. The molecule has 240 valence electrons. The number of para-hydroxylation sites is 2. The highest BCUT2D eigenvalue weighted by atomic mass is 19.2. The maximum Gasteiger partial charge on any atom is 0.166 e. The highest BCUT2D eigenvalue weighted by molar-refractivity contribution is 5.85.